The first-order valence-corrected chi connectivity index (χ1v) is 6.01. The van der Waals surface area contributed by atoms with Crippen LogP contribution >= 0.6 is 11.8 Å². The number of thioether (sulfide) groups is 1. The van der Waals surface area contributed by atoms with Gasteiger partial charge in [-0.25, -0.2) is 0 Å². The van der Waals surface area contributed by atoms with E-state index in [9.17, 15) is 4.79 Å². The molecule has 0 saturated carbocycles. The van der Waals surface area contributed by atoms with Gasteiger partial charge in [0.15, 0.2) is 0 Å². The van der Waals surface area contributed by atoms with Gasteiger partial charge in [0.1, 0.15) is 5.75 Å². The number of rotatable bonds is 5. The first-order valence-electron chi connectivity index (χ1n) is 4.78. The molecule has 3 N–H and O–H groups in total. The van der Waals surface area contributed by atoms with E-state index in [0.29, 0.717) is 11.3 Å². The van der Waals surface area contributed by atoms with E-state index >= 15 is 0 Å². The lowest BCUT2D eigenvalue weighted by molar-refractivity contribution is -0.138. The Morgan fingerprint density at radius 2 is 2.31 bits per heavy atom. The molecular formula is C11H15NO3S. The maximum atomic E-state index is 11.0. The summed E-state index contributed by atoms with van der Waals surface area (Å²) in [5, 5.41) is 8.99. The van der Waals surface area contributed by atoms with Crippen molar-refractivity contribution in [2.24, 2.45) is 5.73 Å². The Hall–Kier alpha value is -1.20. The lowest BCUT2D eigenvalue weighted by Gasteiger charge is -2.13. The molecule has 1 unspecified atom stereocenters. The largest absolute Gasteiger partial charge is 0.496 e. The number of carboxylic acids is 1. The summed E-state index contributed by atoms with van der Waals surface area (Å²) in [6.45, 7) is 0.0805. The van der Waals surface area contributed by atoms with E-state index in [0.717, 1.165) is 4.90 Å². The molecule has 1 rings (SSSR count). The van der Waals surface area contributed by atoms with Crippen LogP contribution in [0.1, 0.15) is 11.5 Å². The van der Waals surface area contributed by atoms with Crippen molar-refractivity contribution in [1.29, 1.82) is 0 Å². The van der Waals surface area contributed by atoms with Crippen molar-refractivity contribution in [3.05, 3.63) is 23.8 Å². The smallest absolute Gasteiger partial charge is 0.312 e. The third kappa shape index (κ3) is 2.68. The first kappa shape index (κ1) is 12.9. The number of nitrogens with two attached hydrogens (primary N) is 1. The molecule has 88 valence electrons. The van der Waals surface area contributed by atoms with Crippen molar-refractivity contribution < 1.29 is 14.6 Å². The van der Waals surface area contributed by atoms with Crippen molar-refractivity contribution in [2.75, 3.05) is 19.9 Å². The van der Waals surface area contributed by atoms with Crippen LogP contribution in [0.15, 0.2) is 23.1 Å². The zero-order chi connectivity index (χ0) is 12.1. The van der Waals surface area contributed by atoms with Crippen LogP contribution in [0.2, 0.25) is 0 Å². The molecule has 1 atom stereocenters. The van der Waals surface area contributed by atoms with E-state index in [1.807, 2.05) is 12.3 Å². The minimum absolute atomic E-state index is 0.0805. The molecule has 1 aromatic rings. The van der Waals surface area contributed by atoms with Gasteiger partial charge in [-0.15, -0.1) is 11.8 Å². The normalized spacial score (nSPS) is 12.2. The molecule has 0 aliphatic rings. The van der Waals surface area contributed by atoms with Gasteiger partial charge in [-0.05, 0) is 24.0 Å². The number of ether oxygens (including phenoxy) is 1. The van der Waals surface area contributed by atoms with Gasteiger partial charge in [-0.3, -0.25) is 4.79 Å². The van der Waals surface area contributed by atoms with Crippen molar-refractivity contribution in [3.63, 3.8) is 0 Å². The van der Waals surface area contributed by atoms with Gasteiger partial charge in [-0.2, -0.15) is 0 Å². The molecule has 0 spiro atoms. The van der Waals surface area contributed by atoms with E-state index in [4.69, 9.17) is 15.6 Å². The SMILES string of the molecule is COc1cc(C(CN)C(=O)O)ccc1SC. The van der Waals surface area contributed by atoms with E-state index in [-0.39, 0.29) is 6.54 Å². The van der Waals surface area contributed by atoms with Gasteiger partial charge >= 0.3 is 5.97 Å². The average molecular weight is 241 g/mol. The quantitative estimate of drug-likeness (QED) is 0.765. The summed E-state index contributed by atoms with van der Waals surface area (Å²) in [4.78, 5) is 11.9. The number of carboxylic acid groups (broad SMARTS) is 1. The molecule has 5 heteroatoms. The Morgan fingerprint density at radius 3 is 2.75 bits per heavy atom. The lowest BCUT2D eigenvalue weighted by atomic mass is 9.99. The number of hydrogen-bond acceptors (Lipinski definition) is 4. The van der Waals surface area contributed by atoms with Crippen LogP contribution in [0.3, 0.4) is 0 Å². The van der Waals surface area contributed by atoms with Crippen LogP contribution < -0.4 is 10.5 Å². The van der Waals surface area contributed by atoms with Crippen molar-refractivity contribution in [1.82, 2.24) is 0 Å². The molecule has 0 aliphatic heterocycles. The Kier molecular flexibility index (Phi) is 4.64. The van der Waals surface area contributed by atoms with Crippen LogP contribution in [0.4, 0.5) is 0 Å². The standard InChI is InChI=1S/C11H15NO3S/c1-15-9-5-7(3-4-10(9)16-2)8(6-12)11(13)14/h3-5,8H,6,12H2,1-2H3,(H,13,14). The molecule has 0 radical (unpaired) electrons. The fourth-order valence-corrected chi connectivity index (χ4v) is 2.00. The molecule has 4 nitrogen and oxygen atoms in total. The predicted molar refractivity (Wildman–Crippen MR) is 64.2 cm³/mol. The van der Waals surface area contributed by atoms with Crippen LogP contribution in [0.5, 0.6) is 5.75 Å². The predicted octanol–water partition coefficient (Wildman–Crippen LogP) is 1.54. The molecule has 0 aromatic heterocycles. The van der Waals surface area contributed by atoms with Crippen LogP contribution in [0.25, 0.3) is 0 Å². The molecule has 1 aromatic carbocycles. The van der Waals surface area contributed by atoms with E-state index in [2.05, 4.69) is 0 Å². The first-order chi connectivity index (χ1) is 7.63. The second kappa shape index (κ2) is 5.77. The molecule has 0 saturated heterocycles. The third-order valence-corrected chi connectivity index (χ3v) is 3.12. The van der Waals surface area contributed by atoms with Gasteiger partial charge in [0.05, 0.1) is 13.0 Å². The zero-order valence-electron chi connectivity index (χ0n) is 9.27. The summed E-state index contributed by atoms with van der Waals surface area (Å²) in [5.74, 6) is -0.907. The topological polar surface area (TPSA) is 72.5 Å². The summed E-state index contributed by atoms with van der Waals surface area (Å²) in [5.41, 5.74) is 6.11. The molecule has 0 fully saturated rings. The number of aliphatic carboxylic acids is 1. The zero-order valence-corrected chi connectivity index (χ0v) is 10.1. The Bertz CT molecular complexity index is 381. The van der Waals surface area contributed by atoms with Gasteiger partial charge in [-0.1, -0.05) is 6.07 Å². The minimum Gasteiger partial charge on any atom is -0.496 e. The van der Waals surface area contributed by atoms with E-state index in [1.54, 1.807) is 31.0 Å². The molecule has 0 amide bonds. The summed E-state index contributed by atoms with van der Waals surface area (Å²) in [6.07, 6.45) is 1.94. The molecular weight excluding hydrogens is 226 g/mol. The van der Waals surface area contributed by atoms with Crippen LogP contribution in [-0.4, -0.2) is 31.0 Å². The number of methoxy groups -OCH3 is 1. The highest BCUT2D eigenvalue weighted by molar-refractivity contribution is 7.98. The second-order valence-electron chi connectivity index (χ2n) is 3.24. The van der Waals surface area contributed by atoms with Crippen molar-refractivity contribution >= 4 is 17.7 Å². The third-order valence-electron chi connectivity index (χ3n) is 2.34. The maximum Gasteiger partial charge on any atom is 0.312 e. The number of carbonyl (C=O) groups is 1. The molecule has 0 bridgehead atoms. The summed E-state index contributed by atoms with van der Waals surface area (Å²) in [7, 11) is 1.57. The highest BCUT2D eigenvalue weighted by Crippen LogP contribution is 2.30. The lowest BCUT2D eigenvalue weighted by Crippen LogP contribution is -2.21. The molecule has 0 heterocycles. The fraction of sp³-hybridized carbons (Fsp3) is 0.364. The Balaban J connectivity index is 3.11. The van der Waals surface area contributed by atoms with Crippen molar-refractivity contribution in [2.45, 2.75) is 10.8 Å². The fourth-order valence-electron chi connectivity index (χ4n) is 1.45. The van der Waals surface area contributed by atoms with Gasteiger partial charge < -0.3 is 15.6 Å². The second-order valence-corrected chi connectivity index (χ2v) is 4.09. The van der Waals surface area contributed by atoms with E-state index < -0.39 is 11.9 Å². The number of benzene rings is 1. The van der Waals surface area contributed by atoms with Gasteiger partial charge in [0, 0.05) is 11.4 Å². The minimum atomic E-state index is -0.915. The van der Waals surface area contributed by atoms with E-state index in [1.165, 1.54) is 0 Å². The number of hydrogen-bond donors (Lipinski definition) is 2. The van der Waals surface area contributed by atoms with Crippen molar-refractivity contribution in [3.8, 4) is 5.75 Å². The Labute approximate surface area is 98.8 Å². The van der Waals surface area contributed by atoms with Crippen LogP contribution in [-0.2, 0) is 4.79 Å². The summed E-state index contributed by atoms with van der Waals surface area (Å²) >= 11 is 1.55. The molecule has 0 aliphatic carbocycles. The highest BCUT2D eigenvalue weighted by atomic mass is 32.2. The monoisotopic (exact) mass is 241 g/mol. The summed E-state index contributed by atoms with van der Waals surface area (Å²) in [6, 6.07) is 5.36. The molecule has 16 heavy (non-hydrogen) atoms. The summed E-state index contributed by atoms with van der Waals surface area (Å²) < 4.78 is 5.20. The van der Waals surface area contributed by atoms with Gasteiger partial charge in [0.25, 0.3) is 0 Å². The van der Waals surface area contributed by atoms with Crippen LogP contribution in [0, 0.1) is 0 Å². The van der Waals surface area contributed by atoms with Gasteiger partial charge in [0.2, 0.25) is 0 Å². The highest BCUT2D eigenvalue weighted by Gasteiger charge is 2.19. The maximum absolute atomic E-state index is 11.0. The average Bonchev–Trinajstić information content (AvgIpc) is 2.29. The Morgan fingerprint density at radius 1 is 1.62 bits per heavy atom.